The number of nitrogen functional groups attached to an aromatic ring is 1. The highest BCUT2D eigenvalue weighted by atomic mass is 19.4. The van der Waals surface area contributed by atoms with Crippen molar-refractivity contribution < 1.29 is 28.1 Å². The molecular weight excluding hydrogens is 283 g/mol. The first-order valence-electron chi connectivity index (χ1n) is 5.61. The second-order valence-electron chi connectivity index (χ2n) is 4.35. The molecule has 0 bridgehead atoms. The molecule has 1 aromatic heterocycles. The van der Waals surface area contributed by atoms with Gasteiger partial charge in [-0.15, -0.1) is 0 Å². The van der Waals surface area contributed by atoms with E-state index in [1.54, 1.807) is 0 Å². The summed E-state index contributed by atoms with van der Waals surface area (Å²) in [5.41, 5.74) is 4.22. The molecule has 0 aromatic carbocycles. The molecule has 112 valence electrons. The Morgan fingerprint density at radius 1 is 1.50 bits per heavy atom. The van der Waals surface area contributed by atoms with Crippen LogP contribution < -0.4 is 11.4 Å². The van der Waals surface area contributed by atoms with Crippen LogP contribution in [-0.2, 0) is 4.74 Å². The van der Waals surface area contributed by atoms with E-state index in [0.29, 0.717) is 4.57 Å². The average Bonchev–Trinajstić information content (AvgIpc) is 2.65. The summed E-state index contributed by atoms with van der Waals surface area (Å²) >= 11 is 0. The summed E-state index contributed by atoms with van der Waals surface area (Å²) in [6.07, 6.45) is -9.02. The third-order valence-electron chi connectivity index (χ3n) is 3.05. The Bertz CT molecular complexity index is 547. The molecule has 1 aliphatic rings. The second kappa shape index (κ2) is 5.04. The highest BCUT2D eigenvalue weighted by molar-refractivity contribution is 5.23. The Morgan fingerprint density at radius 2 is 2.15 bits per heavy atom. The zero-order valence-corrected chi connectivity index (χ0v) is 9.99. The lowest BCUT2D eigenvalue weighted by Crippen LogP contribution is -2.40. The lowest BCUT2D eigenvalue weighted by molar-refractivity contribution is -0.211. The van der Waals surface area contributed by atoms with Crippen LogP contribution in [0.3, 0.4) is 0 Å². The van der Waals surface area contributed by atoms with Crippen molar-refractivity contribution in [2.24, 2.45) is 5.92 Å². The summed E-state index contributed by atoms with van der Waals surface area (Å²) in [7, 11) is 0. The van der Waals surface area contributed by atoms with Crippen LogP contribution in [0.1, 0.15) is 6.23 Å². The molecule has 0 radical (unpaired) electrons. The maximum absolute atomic E-state index is 13.0. The molecule has 1 fully saturated rings. The van der Waals surface area contributed by atoms with Gasteiger partial charge in [0.2, 0.25) is 0 Å². The van der Waals surface area contributed by atoms with Gasteiger partial charge in [-0.1, -0.05) is 0 Å². The zero-order valence-electron chi connectivity index (χ0n) is 9.99. The number of aliphatic hydroxyl groups excluding tert-OH is 2. The molecule has 4 N–H and O–H groups in total. The standard InChI is InChI=1S/C10H12F3N3O4/c11-10(12,13)6-7(18)4(3-17)20-8(6)16-2-1-5(14)15-9(16)19/h1-2,4,6-8,17-18H,3H2,(H2,14,15,19)/t4-,6+,7-,8-/m1/s1. The van der Waals surface area contributed by atoms with Crippen LogP contribution in [0.15, 0.2) is 17.1 Å². The van der Waals surface area contributed by atoms with Gasteiger partial charge < -0.3 is 20.7 Å². The summed E-state index contributed by atoms with van der Waals surface area (Å²) in [6.45, 7) is -0.804. The van der Waals surface area contributed by atoms with Crippen molar-refractivity contribution in [1.29, 1.82) is 0 Å². The molecule has 0 aliphatic carbocycles. The van der Waals surface area contributed by atoms with Crippen molar-refractivity contribution in [2.45, 2.75) is 24.6 Å². The van der Waals surface area contributed by atoms with Gasteiger partial charge in [0.15, 0.2) is 6.23 Å². The van der Waals surface area contributed by atoms with Gasteiger partial charge in [-0.3, -0.25) is 4.57 Å². The van der Waals surface area contributed by atoms with Gasteiger partial charge >= 0.3 is 11.9 Å². The maximum atomic E-state index is 13.0. The van der Waals surface area contributed by atoms with E-state index in [1.807, 2.05) is 0 Å². The number of nitrogens with two attached hydrogens (primary N) is 1. The van der Waals surface area contributed by atoms with E-state index < -0.39 is 42.8 Å². The number of alkyl halides is 3. The first kappa shape index (κ1) is 14.8. The van der Waals surface area contributed by atoms with Crippen molar-refractivity contribution in [3.05, 3.63) is 22.7 Å². The van der Waals surface area contributed by atoms with Gasteiger partial charge in [0.05, 0.1) is 12.7 Å². The minimum Gasteiger partial charge on any atom is -0.394 e. The number of aromatic nitrogens is 2. The fourth-order valence-electron chi connectivity index (χ4n) is 2.11. The molecule has 2 rings (SSSR count). The number of hydrogen-bond acceptors (Lipinski definition) is 6. The van der Waals surface area contributed by atoms with E-state index in [9.17, 15) is 23.1 Å². The van der Waals surface area contributed by atoms with Crippen molar-refractivity contribution in [1.82, 2.24) is 9.55 Å². The molecule has 1 aromatic rings. The number of aliphatic hydroxyl groups is 2. The van der Waals surface area contributed by atoms with Crippen molar-refractivity contribution in [3.8, 4) is 0 Å². The van der Waals surface area contributed by atoms with E-state index in [-0.39, 0.29) is 5.82 Å². The molecule has 0 saturated carbocycles. The Hall–Kier alpha value is -1.65. The third kappa shape index (κ3) is 2.49. The fraction of sp³-hybridized carbons (Fsp3) is 0.600. The third-order valence-corrected chi connectivity index (χ3v) is 3.05. The van der Waals surface area contributed by atoms with Gasteiger partial charge in [0, 0.05) is 6.20 Å². The normalized spacial score (nSPS) is 30.6. The van der Waals surface area contributed by atoms with Gasteiger partial charge in [0.25, 0.3) is 0 Å². The monoisotopic (exact) mass is 295 g/mol. The molecule has 1 aliphatic heterocycles. The number of hydrogen-bond donors (Lipinski definition) is 3. The lowest BCUT2D eigenvalue weighted by atomic mass is 9.99. The van der Waals surface area contributed by atoms with Crippen LogP contribution in [-0.4, -0.2) is 44.8 Å². The van der Waals surface area contributed by atoms with Crippen LogP contribution >= 0.6 is 0 Å². The van der Waals surface area contributed by atoms with Gasteiger partial charge in [0.1, 0.15) is 17.8 Å². The van der Waals surface area contributed by atoms with E-state index in [2.05, 4.69) is 4.98 Å². The molecule has 10 heteroatoms. The van der Waals surface area contributed by atoms with E-state index in [4.69, 9.17) is 15.6 Å². The van der Waals surface area contributed by atoms with Crippen LogP contribution in [0, 0.1) is 5.92 Å². The Kier molecular flexibility index (Phi) is 3.71. The van der Waals surface area contributed by atoms with Gasteiger partial charge in [-0.2, -0.15) is 18.2 Å². The molecule has 20 heavy (non-hydrogen) atoms. The van der Waals surface area contributed by atoms with E-state index >= 15 is 0 Å². The van der Waals surface area contributed by atoms with Crippen LogP contribution in [0.4, 0.5) is 19.0 Å². The maximum Gasteiger partial charge on any atom is 0.398 e. The quantitative estimate of drug-likeness (QED) is 0.662. The minimum atomic E-state index is -4.81. The topological polar surface area (TPSA) is 111 Å². The predicted molar refractivity (Wildman–Crippen MR) is 59.5 cm³/mol. The summed E-state index contributed by atoms with van der Waals surface area (Å²) < 4.78 is 44.5. The number of ether oxygens (including phenoxy) is 1. The fourth-order valence-corrected chi connectivity index (χ4v) is 2.11. The molecule has 2 heterocycles. The SMILES string of the molecule is Nc1ccn([C@@H]2O[C@H](CO)[C@@H](O)[C@@H]2C(F)(F)F)c(=O)n1. The smallest absolute Gasteiger partial charge is 0.394 e. The summed E-state index contributed by atoms with van der Waals surface area (Å²) in [4.78, 5) is 14.9. The Morgan fingerprint density at radius 3 is 2.65 bits per heavy atom. The summed E-state index contributed by atoms with van der Waals surface area (Å²) in [5, 5.41) is 18.5. The molecule has 1 saturated heterocycles. The summed E-state index contributed by atoms with van der Waals surface area (Å²) in [5.74, 6) is -2.49. The van der Waals surface area contributed by atoms with Crippen LogP contribution in [0.2, 0.25) is 0 Å². The number of halogens is 3. The zero-order chi connectivity index (χ0) is 15.1. The average molecular weight is 295 g/mol. The highest BCUT2D eigenvalue weighted by Gasteiger charge is 2.58. The van der Waals surface area contributed by atoms with Crippen LogP contribution in [0.25, 0.3) is 0 Å². The minimum absolute atomic E-state index is 0.146. The highest BCUT2D eigenvalue weighted by Crippen LogP contribution is 2.44. The number of nitrogens with zero attached hydrogens (tertiary/aromatic N) is 2. The van der Waals surface area contributed by atoms with Gasteiger partial charge in [-0.05, 0) is 6.07 Å². The summed E-state index contributed by atoms with van der Waals surface area (Å²) in [6, 6.07) is 1.14. The predicted octanol–water partition coefficient (Wildman–Crippen LogP) is -0.745. The molecular formula is C10H12F3N3O4. The number of anilines is 1. The van der Waals surface area contributed by atoms with Gasteiger partial charge in [-0.25, -0.2) is 4.79 Å². The molecule has 0 amide bonds. The molecule has 7 nitrogen and oxygen atoms in total. The van der Waals surface area contributed by atoms with Crippen molar-refractivity contribution in [2.75, 3.05) is 12.3 Å². The Balaban J connectivity index is 2.45. The largest absolute Gasteiger partial charge is 0.398 e. The number of rotatable bonds is 2. The molecule has 4 atom stereocenters. The van der Waals surface area contributed by atoms with E-state index in [0.717, 1.165) is 12.3 Å². The second-order valence-corrected chi connectivity index (χ2v) is 4.35. The van der Waals surface area contributed by atoms with E-state index in [1.165, 1.54) is 0 Å². The molecule has 0 spiro atoms. The Labute approximate surface area is 110 Å². The first-order valence-corrected chi connectivity index (χ1v) is 5.61. The van der Waals surface area contributed by atoms with Crippen molar-refractivity contribution in [3.63, 3.8) is 0 Å². The lowest BCUT2D eigenvalue weighted by Gasteiger charge is -2.23. The van der Waals surface area contributed by atoms with Crippen LogP contribution in [0.5, 0.6) is 0 Å². The molecule has 0 unspecified atom stereocenters. The van der Waals surface area contributed by atoms with Crippen molar-refractivity contribution >= 4 is 5.82 Å². The first-order chi connectivity index (χ1) is 9.25.